The molecule has 1 heterocycles. The van der Waals surface area contributed by atoms with Gasteiger partial charge in [-0.05, 0) is 31.9 Å². The van der Waals surface area contributed by atoms with E-state index in [1.807, 2.05) is 13.0 Å². The van der Waals surface area contributed by atoms with Gasteiger partial charge in [0.15, 0.2) is 0 Å². The Morgan fingerprint density at radius 1 is 1.15 bits per heavy atom. The van der Waals surface area contributed by atoms with Crippen LogP contribution in [0.5, 0.6) is 0 Å². The third-order valence-corrected chi connectivity index (χ3v) is 3.39. The van der Waals surface area contributed by atoms with Crippen LogP contribution in [0.1, 0.15) is 41.7 Å². The number of benzene rings is 1. The maximum Gasteiger partial charge on any atom is 0.133 e. The Bertz CT molecular complexity index is 578. The lowest BCUT2D eigenvalue weighted by Gasteiger charge is -2.10. The quantitative estimate of drug-likeness (QED) is 0.908. The number of nitrogens with two attached hydrogens (primary N) is 1. The Labute approximate surface area is 121 Å². The van der Waals surface area contributed by atoms with Gasteiger partial charge in [0.05, 0.1) is 0 Å². The number of rotatable bonds is 5. The molecule has 1 aromatic heterocycles. The summed E-state index contributed by atoms with van der Waals surface area (Å²) in [7, 11) is 0. The van der Waals surface area contributed by atoms with Gasteiger partial charge in [-0.3, -0.25) is 0 Å². The monoisotopic (exact) mass is 269 g/mol. The molecule has 1 unspecified atom stereocenters. The van der Waals surface area contributed by atoms with Crippen molar-refractivity contribution in [2.24, 2.45) is 5.73 Å². The average Bonchev–Trinajstić information content (AvgIpc) is 2.37. The second-order valence-corrected chi connectivity index (χ2v) is 5.46. The number of aryl methyl sites for hydroxylation is 2. The molecule has 0 saturated heterocycles. The van der Waals surface area contributed by atoms with Crippen molar-refractivity contribution in [2.75, 3.05) is 0 Å². The van der Waals surface area contributed by atoms with Crippen LogP contribution in [0.2, 0.25) is 0 Å². The number of nitrogens with zero attached hydrogens (tertiary/aromatic N) is 2. The van der Waals surface area contributed by atoms with E-state index in [1.165, 1.54) is 11.1 Å². The Balaban J connectivity index is 2.19. The molecule has 2 aromatic rings. The van der Waals surface area contributed by atoms with E-state index < -0.39 is 0 Å². The van der Waals surface area contributed by atoms with E-state index in [2.05, 4.69) is 48.1 Å². The average molecular weight is 269 g/mol. The highest BCUT2D eigenvalue weighted by Crippen LogP contribution is 2.11. The maximum absolute atomic E-state index is 6.02. The molecule has 2 rings (SSSR count). The lowest BCUT2D eigenvalue weighted by atomic mass is 10.1. The van der Waals surface area contributed by atoms with Crippen molar-refractivity contribution >= 4 is 0 Å². The summed E-state index contributed by atoms with van der Waals surface area (Å²) in [6.07, 6.45) is 2.56. The molecule has 0 radical (unpaired) electrons. The van der Waals surface area contributed by atoms with Crippen molar-refractivity contribution in [1.29, 1.82) is 0 Å². The number of aromatic nitrogens is 2. The van der Waals surface area contributed by atoms with Gasteiger partial charge in [-0.15, -0.1) is 0 Å². The van der Waals surface area contributed by atoms with E-state index in [9.17, 15) is 0 Å². The zero-order valence-corrected chi connectivity index (χ0v) is 12.6. The van der Waals surface area contributed by atoms with Gasteiger partial charge in [-0.25, -0.2) is 9.97 Å². The topological polar surface area (TPSA) is 51.8 Å². The first-order valence-corrected chi connectivity index (χ1v) is 7.21. The molecule has 0 aliphatic rings. The molecule has 20 heavy (non-hydrogen) atoms. The molecule has 3 heteroatoms. The molecular weight excluding hydrogens is 246 g/mol. The summed E-state index contributed by atoms with van der Waals surface area (Å²) in [6.45, 7) is 6.22. The van der Waals surface area contributed by atoms with E-state index in [-0.39, 0.29) is 6.04 Å². The molecule has 0 bridgehead atoms. The van der Waals surface area contributed by atoms with E-state index in [1.54, 1.807) is 0 Å². The third-order valence-electron chi connectivity index (χ3n) is 3.39. The van der Waals surface area contributed by atoms with Gasteiger partial charge in [0.1, 0.15) is 5.82 Å². The van der Waals surface area contributed by atoms with Gasteiger partial charge in [-0.1, -0.05) is 36.8 Å². The van der Waals surface area contributed by atoms with Crippen LogP contribution in [0, 0.1) is 13.8 Å². The summed E-state index contributed by atoms with van der Waals surface area (Å²) in [5.41, 5.74) is 10.6. The van der Waals surface area contributed by atoms with Crippen LogP contribution in [0.25, 0.3) is 0 Å². The fourth-order valence-corrected chi connectivity index (χ4v) is 2.30. The van der Waals surface area contributed by atoms with Crippen LogP contribution < -0.4 is 5.73 Å². The summed E-state index contributed by atoms with van der Waals surface area (Å²) < 4.78 is 0. The van der Waals surface area contributed by atoms with Gasteiger partial charge in [0.2, 0.25) is 0 Å². The van der Waals surface area contributed by atoms with Crippen LogP contribution >= 0.6 is 0 Å². The molecular formula is C17H23N3. The van der Waals surface area contributed by atoms with Crippen molar-refractivity contribution in [3.05, 3.63) is 58.7 Å². The predicted octanol–water partition coefficient (Wildman–Crippen LogP) is 2.96. The number of hydrogen-bond donors (Lipinski definition) is 1. The molecule has 0 aliphatic heterocycles. The molecule has 1 atom stereocenters. The normalized spacial score (nSPS) is 12.4. The van der Waals surface area contributed by atoms with Gasteiger partial charge in [0.25, 0.3) is 0 Å². The van der Waals surface area contributed by atoms with Crippen molar-refractivity contribution in [3.63, 3.8) is 0 Å². The zero-order valence-electron chi connectivity index (χ0n) is 12.6. The first kappa shape index (κ1) is 14.7. The largest absolute Gasteiger partial charge is 0.327 e. The lowest BCUT2D eigenvalue weighted by Crippen LogP contribution is -2.22. The van der Waals surface area contributed by atoms with Gasteiger partial charge < -0.3 is 5.73 Å². The van der Waals surface area contributed by atoms with Gasteiger partial charge >= 0.3 is 0 Å². The molecule has 3 nitrogen and oxygen atoms in total. The highest BCUT2D eigenvalue weighted by Gasteiger charge is 2.07. The van der Waals surface area contributed by atoms with E-state index >= 15 is 0 Å². The minimum atomic E-state index is 0.177. The fraction of sp³-hybridized carbons (Fsp3) is 0.412. The lowest BCUT2D eigenvalue weighted by molar-refractivity contribution is 0.632. The first-order chi connectivity index (χ1) is 9.56. The van der Waals surface area contributed by atoms with Crippen LogP contribution in [-0.4, -0.2) is 16.0 Å². The summed E-state index contributed by atoms with van der Waals surface area (Å²) >= 11 is 0. The molecule has 0 aliphatic carbocycles. The fourth-order valence-electron chi connectivity index (χ4n) is 2.30. The van der Waals surface area contributed by atoms with Crippen LogP contribution in [-0.2, 0) is 12.8 Å². The Hall–Kier alpha value is -1.74. The molecule has 1 aromatic carbocycles. The molecule has 0 saturated carbocycles. The summed E-state index contributed by atoms with van der Waals surface area (Å²) in [6, 6.07) is 10.7. The smallest absolute Gasteiger partial charge is 0.133 e. The third kappa shape index (κ3) is 4.14. The summed E-state index contributed by atoms with van der Waals surface area (Å²) in [4.78, 5) is 9.20. The first-order valence-electron chi connectivity index (χ1n) is 7.21. The Morgan fingerprint density at radius 3 is 2.65 bits per heavy atom. The SMILES string of the molecule is CCC(N)Cc1cc(C)nc(Cc2cccc(C)c2)n1. The van der Waals surface area contributed by atoms with Crippen molar-refractivity contribution in [2.45, 2.75) is 46.1 Å². The molecule has 0 fully saturated rings. The van der Waals surface area contributed by atoms with E-state index in [0.717, 1.165) is 36.5 Å². The predicted molar refractivity (Wildman–Crippen MR) is 82.7 cm³/mol. The molecule has 2 N–H and O–H groups in total. The van der Waals surface area contributed by atoms with E-state index in [0.29, 0.717) is 0 Å². The molecule has 0 spiro atoms. The van der Waals surface area contributed by atoms with Gasteiger partial charge in [0, 0.05) is 30.3 Å². The second kappa shape index (κ2) is 6.62. The second-order valence-electron chi connectivity index (χ2n) is 5.46. The van der Waals surface area contributed by atoms with E-state index in [4.69, 9.17) is 5.73 Å². The standard InChI is InChI=1S/C17H23N3/c1-4-15(18)11-16-9-13(3)19-17(20-16)10-14-7-5-6-12(2)8-14/h5-9,15H,4,10-11,18H2,1-3H3. The van der Waals surface area contributed by atoms with Crippen LogP contribution in [0.3, 0.4) is 0 Å². The van der Waals surface area contributed by atoms with Gasteiger partial charge in [-0.2, -0.15) is 0 Å². The minimum Gasteiger partial charge on any atom is -0.327 e. The highest BCUT2D eigenvalue weighted by molar-refractivity contribution is 5.25. The summed E-state index contributed by atoms with van der Waals surface area (Å²) in [5, 5.41) is 0. The van der Waals surface area contributed by atoms with Crippen molar-refractivity contribution in [1.82, 2.24) is 9.97 Å². The molecule has 106 valence electrons. The van der Waals surface area contributed by atoms with Crippen molar-refractivity contribution in [3.8, 4) is 0 Å². The number of hydrogen-bond acceptors (Lipinski definition) is 3. The maximum atomic E-state index is 6.02. The Kier molecular flexibility index (Phi) is 4.85. The van der Waals surface area contributed by atoms with Crippen molar-refractivity contribution < 1.29 is 0 Å². The van der Waals surface area contributed by atoms with Crippen LogP contribution in [0.15, 0.2) is 30.3 Å². The summed E-state index contributed by atoms with van der Waals surface area (Å²) in [5.74, 6) is 0.883. The zero-order chi connectivity index (χ0) is 14.5. The minimum absolute atomic E-state index is 0.177. The van der Waals surface area contributed by atoms with Crippen LogP contribution in [0.4, 0.5) is 0 Å². The Morgan fingerprint density at radius 2 is 1.95 bits per heavy atom. The molecule has 0 amide bonds. The highest BCUT2D eigenvalue weighted by atomic mass is 14.9.